The molecule has 1 N–H and O–H groups in total. The first kappa shape index (κ1) is 17.5. The van der Waals surface area contributed by atoms with Crippen LogP contribution in [0.15, 0.2) is 30.5 Å². The van der Waals surface area contributed by atoms with Gasteiger partial charge in [0.05, 0.1) is 18.3 Å². The fourth-order valence-electron chi connectivity index (χ4n) is 3.28. The van der Waals surface area contributed by atoms with Crippen LogP contribution in [0.1, 0.15) is 34.5 Å². The van der Waals surface area contributed by atoms with E-state index in [-0.39, 0.29) is 5.91 Å². The summed E-state index contributed by atoms with van der Waals surface area (Å²) in [6, 6.07) is 7.93. The molecule has 0 saturated carbocycles. The summed E-state index contributed by atoms with van der Waals surface area (Å²) < 4.78 is 11.9. The lowest BCUT2D eigenvalue weighted by molar-refractivity contribution is -0.0825. The Hall–Kier alpha value is -2.34. The summed E-state index contributed by atoms with van der Waals surface area (Å²) in [6.45, 7) is 5.53. The molecule has 1 saturated heterocycles. The second-order valence-electron chi connectivity index (χ2n) is 6.68. The molecule has 2 heterocycles. The van der Waals surface area contributed by atoms with Crippen molar-refractivity contribution < 1.29 is 14.3 Å². The number of likely N-dealkylation sites (tertiary alicyclic amines) is 1. The van der Waals surface area contributed by atoms with E-state index in [9.17, 15) is 4.79 Å². The molecule has 1 aromatic heterocycles. The molecule has 0 aliphatic carbocycles. The monoisotopic (exact) mass is 343 g/mol. The number of carbonyl (C=O) groups is 1. The maximum Gasteiger partial charge on any atom is 0.257 e. The standard InChI is InChI=1S/C19H25N3O3/c1-14-7-4-5-8-17(14)25-13-19(24-3)9-6-10-22(12-19)18(23)16-11-20-21-15(16)2/h4-5,7-8,11H,6,9-10,12-13H2,1-3H3,(H,20,21)/t19-/m0/s1. The Bertz CT molecular complexity index is 743. The molecule has 0 unspecified atom stereocenters. The minimum atomic E-state index is -0.492. The molecule has 1 aliphatic rings. The zero-order chi connectivity index (χ0) is 17.9. The van der Waals surface area contributed by atoms with Gasteiger partial charge in [0.1, 0.15) is 18.0 Å². The van der Waals surface area contributed by atoms with E-state index in [1.807, 2.05) is 43.0 Å². The van der Waals surface area contributed by atoms with E-state index in [1.165, 1.54) is 0 Å². The van der Waals surface area contributed by atoms with Crippen molar-refractivity contribution >= 4 is 5.91 Å². The van der Waals surface area contributed by atoms with Crippen LogP contribution in [0.2, 0.25) is 0 Å². The Kier molecular flexibility index (Phi) is 5.08. The molecule has 1 atom stereocenters. The number of H-pyrrole nitrogens is 1. The first-order valence-electron chi connectivity index (χ1n) is 8.57. The molecule has 6 heteroatoms. The Morgan fingerprint density at radius 3 is 2.84 bits per heavy atom. The van der Waals surface area contributed by atoms with Gasteiger partial charge in [-0.05, 0) is 38.3 Å². The third kappa shape index (κ3) is 3.69. The number of para-hydroxylation sites is 1. The van der Waals surface area contributed by atoms with Gasteiger partial charge in [-0.15, -0.1) is 0 Å². The number of aromatic amines is 1. The highest BCUT2D eigenvalue weighted by atomic mass is 16.5. The first-order valence-corrected chi connectivity index (χ1v) is 8.57. The van der Waals surface area contributed by atoms with Crippen LogP contribution in [0.5, 0.6) is 5.75 Å². The van der Waals surface area contributed by atoms with Crippen LogP contribution in [0.25, 0.3) is 0 Å². The molecule has 1 fully saturated rings. The highest BCUT2D eigenvalue weighted by molar-refractivity contribution is 5.95. The van der Waals surface area contributed by atoms with Gasteiger partial charge in [-0.25, -0.2) is 0 Å². The van der Waals surface area contributed by atoms with Crippen LogP contribution in [0, 0.1) is 13.8 Å². The van der Waals surface area contributed by atoms with E-state index >= 15 is 0 Å². The highest BCUT2D eigenvalue weighted by Gasteiger charge is 2.39. The smallest absolute Gasteiger partial charge is 0.257 e. The highest BCUT2D eigenvalue weighted by Crippen LogP contribution is 2.28. The van der Waals surface area contributed by atoms with Crippen molar-refractivity contribution in [1.82, 2.24) is 15.1 Å². The topological polar surface area (TPSA) is 67.5 Å². The van der Waals surface area contributed by atoms with Gasteiger partial charge in [0.25, 0.3) is 5.91 Å². The molecule has 0 radical (unpaired) electrons. The molecule has 1 aliphatic heterocycles. The summed E-state index contributed by atoms with van der Waals surface area (Å²) in [4.78, 5) is 14.6. The molecule has 2 aromatic rings. The number of piperidine rings is 1. The normalized spacial score (nSPS) is 20.5. The van der Waals surface area contributed by atoms with E-state index in [2.05, 4.69) is 10.2 Å². The molecule has 3 rings (SSSR count). The second kappa shape index (κ2) is 7.27. The average Bonchev–Trinajstić information content (AvgIpc) is 3.06. The van der Waals surface area contributed by atoms with Gasteiger partial charge >= 0.3 is 0 Å². The third-order valence-electron chi connectivity index (χ3n) is 4.90. The summed E-state index contributed by atoms with van der Waals surface area (Å²) in [6.07, 6.45) is 3.34. The van der Waals surface area contributed by atoms with Crippen LogP contribution in [-0.4, -0.2) is 53.4 Å². The number of rotatable bonds is 5. The third-order valence-corrected chi connectivity index (χ3v) is 4.90. The number of carbonyl (C=O) groups excluding carboxylic acids is 1. The Morgan fingerprint density at radius 2 is 2.16 bits per heavy atom. The van der Waals surface area contributed by atoms with Gasteiger partial charge in [0.2, 0.25) is 0 Å². The minimum absolute atomic E-state index is 0.0109. The fourth-order valence-corrected chi connectivity index (χ4v) is 3.28. The van der Waals surface area contributed by atoms with Gasteiger partial charge < -0.3 is 14.4 Å². The Balaban J connectivity index is 1.71. The SMILES string of the molecule is CO[C@@]1(COc2ccccc2C)CCCN(C(=O)c2cn[nH]c2C)C1. The zero-order valence-corrected chi connectivity index (χ0v) is 15.0. The van der Waals surface area contributed by atoms with Gasteiger partial charge in [0.15, 0.2) is 0 Å². The molecular formula is C19H25N3O3. The van der Waals surface area contributed by atoms with Crippen LogP contribution < -0.4 is 4.74 Å². The summed E-state index contributed by atoms with van der Waals surface area (Å²) in [7, 11) is 1.69. The Morgan fingerprint density at radius 1 is 1.36 bits per heavy atom. The number of hydrogen-bond acceptors (Lipinski definition) is 4. The number of amides is 1. The van der Waals surface area contributed by atoms with Gasteiger partial charge in [-0.2, -0.15) is 5.10 Å². The molecule has 1 amide bonds. The summed E-state index contributed by atoms with van der Waals surface area (Å²) in [5.74, 6) is 0.844. The number of benzene rings is 1. The van der Waals surface area contributed by atoms with Crippen molar-refractivity contribution in [2.24, 2.45) is 0 Å². The van der Waals surface area contributed by atoms with E-state index < -0.39 is 5.60 Å². The number of hydrogen-bond donors (Lipinski definition) is 1. The summed E-state index contributed by atoms with van der Waals surface area (Å²) in [5, 5.41) is 6.77. The van der Waals surface area contributed by atoms with Crippen molar-refractivity contribution in [3.8, 4) is 5.75 Å². The quantitative estimate of drug-likeness (QED) is 0.906. The molecular weight excluding hydrogens is 318 g/mol. The minimum Gasteiger partial charge on any atom is -0.490 e. The molecule has 0 bridgehead atoms. The fraction of sp³-hybridized carbons (Fsp3) is 0.474. The van der Waals surface area contributed by atoms with Crippen molar-refractivity contribution in [2.45, 2.75) is 32.3 Å². The molecule has 6 nitrogen and oxygen atoms in total. The first-order chi connectivity index (χ1) is 12.0. The van der Waals surface area contributed by atoms with E-state index in [0.717, 1.165) is 36.4 Å². The zero-order valence-electron chi connectivity index (χ0n) is 15.0. The number of ether oxygens (including phenoxy) is 2. The number of methoxy groups -OCH3 is 1. The molecule has 0 spiro atoms. The van der Waals surface area contributed by atoms with E-state index in [4.69, 9.17) is 9.47 Å². The van der Waals surface area contributed by atoms with Crippen LogP contribution in [-0.2, 0) is 4.74 Å². The van der Waals surface area contributed by atoms with Gasteiger partial charge in [-0.1, -0.05) is 18.2 Å². The average molecular weight is 343 g/mol. The van der Waals surface area contributed by atoms with Crippen molar-refractivity contribution in [3.63, 3.8) is 0 Å². The van der Waals surface area contributed by atoms with Gasteiger partial charge in [-0.3, -0.25) is 9.89 Å². The lowest BCUT2D eigenvalue weighted by Gasteiger charge is -2.41. The second-order valence-corrected chi connectivity index (χ2v) is 6.68. The molecule has 1 aromatic carbocycles. The predicted molar refractivity (Wildman–Crippen MR) is 94.9 cm³/mol. The number of aromatic nitrogens is 2. The summed E-state index contributed by atoms with van der Waals surface area (Å²) in [5.41, 5.74) is 2.00. The number of nitrogens with zero attached hydrogens (tertiary/aromatic N) is 2. The van der Waals surface area contributed by atoms with Crippen molar-refractivity contribution in [2.75, 3.05) is 26.8 Å². The largest absolute Gasteiger partial charge is 0.490 e. The van der Waals surface area contributed by atoms with Crippen LogP contribution in [0.3, 0.4) is 0 Å². The van der Waals surface area contributed by atoms with Crippen molar-refractivity contribution in [1.29, 1.82) is 0 Å². The van der Waals surface area contributed by atoms with Crippen molar-refractivity contribution in [3.05, 3.63) is 47.3 Å². The van der Waals surface area contributed by atoms with E-state index in [0.29, 0.717) is 18.7 Å². The van der Waals surface area contributed by atoms with E-state index in [1.54, 1.807) is 13.3 Å². The number of nitrogens with one attached hydrogen (secondary N) is 1. The maximum atomic E-state index is 12.8. The van der Waals surface area contributed by atoms with Gasteiger partial charge in [0, 0.05) is 19.3 Å². The number of aryl methyl sites for hydroxylation is 2. The molecule has 25 heavy (non-hydrogen) atoms. The maximum absolute atomic E-state index is 12.8. The molecule has 134 valence electrons. The Labute approximate surface area is 148 Å². The van der Waals surface area contributed by atoms with Crippen LogP contribution in [0.4, 0.5) is 0 Å². The predicted octanol–water partition coefficient (Wildman–Crippen LogP) is 2.73. The van der Waals surface area contributed by atoms with Crippen LogP contribution >= 0.6 is 0 Å². The lowest BCUT2D eigenvalue weighted by atomic mass is 9.92. The lowest BCUT2D eigenvalue weighted by Crippen LogP contribution is -2.54. The summed E-state index contributed by atoms with van der Waals surface area (Å²) >= 11 is 0.